The Morgan fingerprint density at radius 2 is 0.839 bits per heavy atom. The summed E-state index contributed by atoms with van der Waals surface area (Å²) in [5, 5.41) is 51.4. The molecule has 0 aromatic rings. The summed E-state index contributed by atoms with van der Waals surface area (Å²) in [6, 6.07) is 0. The summed E-state index contributed by atoms with van der Waals surface area (Å²) >= 11 is 0. The first-order valence-electron chi connectivity index (χ1n) is 23.3. The first-order valence-corrected chi connectivity index (χ1v) is 23.3. The number of carbonyl (C=O) groups is 3. The van der Waals surface area contributed by atoms with Crippen LogP contribution in [-0.2, 0) is 23.9 Å². The Bertz CT molecular complexity index is 926. The van der Waals surface area contributed by atoms with Gasteiger partial charge in [-0.3, -0.25) is 14.4 Å². The Labute approximate surface area is 342 Å². The molecule has 0 spiro atoms. The third-order valence-corrected chi connectivity index (χ3v) is 11.1. The standard InChI is InChI=1S/C46H88O10/c1-4-6-8-10-12-14-16-18-20-22-24-26-28-30-32-34-42(50)55-38-41(45(53)46(3,54)44(52)40(49)36-39(48)37-47)56-43(51)35-33-31-29-27-25-23-21-19-17-15-13-11-9-7-5-2/h39,41,44-45,47-48,52-54H,4-38H2,1-3H3/t39?,41-,44+,45-,46-/m1/s1. The predicted molar refractivity (Wildman–Crippen MR) is 225 cm³/mol. The fourth-order valence-corrected chi connectivity index (χ4v) is 7.22. The summed E-state index contributed by atoms with van der Waals surface area (Å²) in [5.41, 5.74) is -2.51. The third-order valence-electron chi connectivity index (χ3n) is 11.1. The highest BCUT2D eigenvalue weighted by molar-refractivity contribution is 5.84. The number of hydrogen-bond donors (Lipinski definition) is 5. The largest absolute Gasteiger partial charge is 0.462 e. The molecule has 0 heterocycles. The molecule has 0 saturated carbocycles. The Morgan fingerprint density at radius 1 is 0.518 bits per heavy atom. The number of hydrogen-bond acceptors (Lipinski definition) is 10. The molecule has 0 saturated heterocycles. The molecule has 0 fully saturated rings. The molecule has 0 bridgehead atoms. The van der Waals surface area contributed by atoms with Crippen molar-refractivity contribution in [2.45, 2.75) is 263 Å². The zero-order valence-corrected chi connectivity index (χ0v) is 36.3. The van der Waals surface area contributed by atoms with Crippen LogP contribution in [0, 0.1) is 0 Å². The van der Waals surface area contributed by atoms with Gasteiger partial charge in [0.05, 0.1) is 12.7 Å². The van der Waals surface area contributed by atoms with Crippen molar-refractivity contribution in [3.05, 3.63) is 0 Å². The van der Waals surface area contributed by atoms with Gasteiger partial charge in [-0.15, -0.1) is 0 Å². The van der Waals surface area contributed by atoms with E-state index >= 15 is 0 Å². The van der Waals surface area contributed by atoms with Gasteiger partial charge in [-0.25, -0.2) is 0 Å². The minimum Gasteiger partial charge on any atom is -0.462 e. The lowest BCUT2D eigenvalue weighted by Crippen LogP contribution is -2.59. The van der Waals surface area contributed by atoms with Crippen molar-refractivity contribution in [1.82, 2.24) is 0 Å². The molecule has 0 aliphatic heterocycles. The van der Waals surface area contributed by atoms with Crippen LogP contribution in [0.4, 0.5) is 0 Å². The molecule has 0 aliphatic rings. The SMILES string of the molecule is CCCCCCCCCCCCCCCCCC(=O)OC[C@@H](OC(=O)CCCCCCCCCCCCCCCCC)[C@@H](O)[C@](C)(O)[C@@H](O)C(=O)CC(O)CO. The second-order valence-electron chi connectivity index (χ2n) is 16.7. The van der Waals surface area contributed by atoms with Gasteiger partial charge in [0.1, 0.15) is 24.4 Å². The van der Waals surface area contributed by atoms with E-state index < -0.39 is 67.4 Å². The molecule has 0 aromatic heterocycles. The molecule has 0 aliphatic carbocycles. The third kappa shape index (κ3) is 30.5. The second kappa shape index (κ2) is 37.7. The summed E-state index contributed by atoms with van der Waals surface area (Å²) in [4.78, 5) is 37.9. The van der Waals surface area contributed by atoms with Crippen molar-refractivity contribution in [1.29, 1.82) is 0 Å². The van der Waals surface area contributed by atoms with E-state index in [1.165, 1.54) is 141 Å². The topological polar surface area (TPSA) is 171 Å². The highest BCUT2D eigenvalue weighted by atomic mass is 16.6. The maximum absolute atomic E-state index is 12.8. The van der Waals surface area contributed by atoms with Crippen molar-refractivity contribution in [2.75, 3.05) is 13.2 Å². The molecule has 0 aromatic carbocycles. The predicted octanol–water partition coefficient (Wildman–Crippen LogP) is 9.75. The van der Waals surface area contributed by atoms with Gasteiger partial charge in [0.25, 0.3) is 0 Å². The number of Topliss-reactive ketones (excluding diaryl/α,β-unsaturated/α-hetero) is 1. The van der Waals surface area contributed by atoms with Crippen molar-refractivity contribution in [3.63, 3.8) is 0 Å². The average molecular weight is 801 g/mol. The number of aliphatic hydroxyl groups excluding tert-OH is 4. The van der Waals surface area contributed by atoms with E-state index in [0.29, 0.717) is 12.8 Å². The number of rotatable bonds is 42. The van der Waals surface area contributed by atoms with E-state index in [2.05, 4.69) is 13.8 Å². The highest BCUT2D eigenvalue weighted by Gasteiger charge is 2.47. The van der Waals surface area contributed by atoms with Gasteiger partial charge in [0.15, 0.2) is 11.9 Å². The van der Waals surface area contributed by atoms with Gasteiger partial charge in [-0.1, -0.05) is 194 Å². The van der Waals surface area contributed by atoms with Crippen molar-refractivity contribution < 1.29 is 49.4 Å². The molecular weight excluding hydrogens is 712 g/mol. The van der Waals surface area contributed by atoms with Crippen LogP contribution >= 0.6 is 0 Å². The number of aliphatic hydroxyl groups is 5. The van der Waals surface area contributed by atoms with E-state index in [1.54, 1.807) is 0 Å². The molecule has 0 radical (unpaired) electrons. The number of carbonyl (C=O) groups excluding carboxylic acids is 3. The zero-order valence-electron chi connectivity index (χ0n) is 36.3. The minimum absolute atomic E-state index is 0.0703. The molecule has 10 heteroatoms. The molecule has 0 amide bonds. The monoisotopic (exact) mass is 801 g/mol. The van der Waals surface area contributed by atoms with Crippen molar-refractivity contribution >= 4 is 17.7 Å². The lowest BCUT2D eigenvalue weighted by Gasteiger charge is -2.36. The maximum Gasteiger partial charge on any atom is 0.306 e. The van der Waals surface area contributed by atoms with E-state index in [4.69, 9.17) is 14.6 Å². The van der Waals surface area contributed by atoms with Crippen LogP contribution in [-0.4, -0.2) is 86.5 Å². The zero-order chi connectivity index (χ0) is 41.7. The van der Waals surface area contributed by atoms with Crippen LogP contribution in [0.25, 0.3) is 0 Å². The first kappa shape index (κ1) is 54.4. The normalized spacial score (nSPS) is 14.9. The van der Waals surface area contributed by atoms with Crippen LogP contribution in [0.15, 0.2) is 0 Å². The Balaban J connectivity index is 4.61. The van der Waals surface area contributed by atoms with Crippen LogP contribution in [0.5, 0.6) is 0 Å². The van der Waals surface area contributed by atoms with Gasteiger partial charge in [-0.2, -0.15) is 0 Å². The van der Waals surface area contributed by atoms with Crippen LogP contribution in [0.1, 0.15) is 233 Å². The molecular formula is C46H88O10. The lowest BCUT2D eigenvalue weighted by molar-refractivity contribution is -0.198. The summed E-state index contributed by atoms with van der Waals surface area (Å²) in [6.07, 6.45) is 28.4. The van der Waals surface area contributed by atoms with E-state index in [9.17, 15) is 34.8 Å². The Hall–Kier alpha value is -1.59. The smallest absolute Gasteiger partial charge is 0.306 e. The summed E-state index contributed by atoms with van der Waals surface area (Å²) in [6.45, 7) is 4.22. The number of esters is 2. The van der Waals surface area contributed by atoms with Gasteiger partial charge in [0.2, 0.25) is 0 Å². The second-order valence-corrected chi connectivity index (χ2v) is 16.7. The molecule has 1 unspecified atom stereocenters. The first-order chi connectivity index (χ1) is 27.0. The summed E-state index contributed by atoms with van der Waals surface area (Å²) in [5.74, 6) is -2.18. The Kier molecular flexibility index (Phi) is 36.6. The lowest BCUT2D eigenvalue weighted by atomic mass is 9.85. The number of ketones is 1. The quantitative estimate of drug-likeness (QED) is 0.0296. The minimum atomic E-state index is -2.51. The molecule has 332 valence electrons. The van der Waals surface area contributed by atoms with E-state index in [0.717, 1.165) is 45.4 Å². The number of ether oxygens (including phenoxy) is 2. The van der Waals surface area contributed by atoms with Crippen LogP contribution in [0.2, 0.25) is 0 Å². The molecule has 5 N–H and O–H groups in total. The van der Waals surface area contributed by atoms with Crippen molar-refractivity contribution in [3.8, 4) is 0 Å². The summed E-state index contributed by atoms with van der Waals surface area (Å²) in [7, 11) is 0. The highest BCUT2D eigenvalue weighted by Crippen LogP contribution is 2.24. The maximum atomic E-state index is 12.8. The Morgan fingerprint density at radius 3 is 1.18 bits per heavy atom. The molecule has 0 rings (SSSR count). The molecule has 10 nitrogen and oxygen atoms in total. The van der Waals surface area contributed by atoms with Gasteiger partial charge in [-0.05, 0) is 19.8 Å². The van der Waals surface area contributed by atoms with Gasteiger partial charge < -0.3 is 35.0 Å². The average Bonchev–Trinajstić information content (AvgIpc) is 3.18. The molecule has 56 heavy (non-hydrogen) atoms. The fourth-order valence-electron chi connectivity index (χ4n) is 7.22. The van der Waals surface area contributed by atoms with Gasteiger partial charge in [0, 0.05) is 19.3 Å². The molecule has 5 atom stereocenters. The fraction of sp³-hybridized carbons (Fsp3) is 0.935. The number of unbranched alkanes of at least 4 members (excludes halogenated alkanes) is 28. The van der Waals surface area contributed by atoms with Gasteiger partial charge >= 0.3 is 11.9 Å². The van der Waals surface area contributed by atoms with E-state index in [1.807, 2.05) is 0 Å². The summed E-state index contributed by atoms with van der Waals surface area (Å²) < 4.78 is 10.9. The van der Waals surface area contributed by atoms with Crippen LogP contribution < -0.4 is 0 Å². The van der Waals surface area contributed by atoms with Crippen LogP contribution in [0.3, 0.4) is 0 Å². The van der Waals surface area contributed by atoms with Crippen molar-refractivity contribution in [2.24, 2.45) is 0 Å². The van der Waals surface area contributed by atoms with E-state index in [-0.39, 0.29) is 12.8 Å².